The van der Waals surface area contributed by atoms with Crippen molar-refractivity contribution < 1.29 is 17.9 Å². The number of amides is 1. The third-order valence-electron chi connectivity index (χ3n) is 2.50. The molecule has 0 fully saturated rings. The average molecular weight is 314 g/mol. The summed E-state index contributed by atoms with van der Waals surface area (Å²) >= 11 is 0. The maximum Gasteiger partial charge on any atom is 0.407 e. The van der Waals surface area contributed by atoms with Crippen molar-refractivity contribution in [3.05, 3.63) is 24.3 Å². The van der Waals surface area contributed by atoms with Crippen LogP contribution in [0.25, 0.3) is 0 Å². The molecule has 0 heterocycles. The highest BCUT2D eigenvalue weighted by Gasteiger charge is 2.17. The van der Waals surface area contributed by atoms with Crippen molar-refractivity contribution in [3.63, 3.8) is 0 Å². The van der Waals surface area contributed by atoms with Crippen molar-refractivity contribution in [2.45, 2.75) is 37.7 Å². The number of nitrogens with two attached hydrogens (primary N) is 1. The highest BCUT2D eigenvalue weighted by molar-refractivity contribution is 7.91. The fourth-order valence-corrected chi connectivity index (χ4v) is 2.87. The third kappa shape index (κ3) is 6.48. The Morgan fingerprint density at radius 3 is 2.33 bits per heavy atom. The summed E-state index contributed by atoms with van der Waals surface area (Å²) in [6.07, 6.45) is -0.237. The van der Waals surface area contributed by atoms with Gasteiger partial charge in [-0.15, -0.1) is 0 Å². The van der Waals surface area contributed by atoms with E-state index in [2.05, 4.69) is 5.32 Å². The Balaban J connectivity index is 2.41. The first-order valence-electron chi connectivity index (χ1n) is 6.65. The van der Waals surface area contributed by atoms with E-state index in [1.807, 2.05) is 0 Å². The van der Waals surface area contributed by atoms with E-state index in [4.69, 9.17) is 10.5 Å². The summed E-state index contributed by atoms with van der Waals surface area (Å²) in [5, 5.41) is 2.53. The second kappa shape index (κ2) is 6.80. The van der Waals surface area contributed by atoms with Gasteiger partial charge in [0.05, 0.1) is 10.6 Å². The number of ether oxygens (including phenoxy) is 1. The predicted octanol–water partition coefficient (Wildman–Crippen LogP) is 1.96. The molecule has 3 N–H and O–H groups in total. The summed E-state index contributed by atoms with van der Waals surface area (Å²) in [4.78, 5) is 11.6. The maximum atomic E-state index is 12.0. The largest absolute Gasteiger partial charge is 0.444 e. The summed E-state index contributed by atoms with van der Waals surface area (Å²) in [7, 11) is -3.36. The Morgan fingerprint density at radius 2 is 1.81 bits per heavy atom. The number of hydrogen-bond acceptors (Lipinski definition) is 5. The van der Waals surface area contributed by atoms with Gasteiger partial charge in [-0.1, -0.05) is 0 Å². The number of sulfone groups is 1. The molecule has 0 saturated carbocycles. The van der Waals surface area contributed by atoms with Crippen LogP contribution >= 0.6 is 0 Å². The van der Waals surface area contributed by atoms with Crippen molar-refractivity contribution >= 4 is 21.6 Å². The quantitative estimate of drug-likeness (QED) is 0.639. The molecule has 0 aliphatic rings. The van der Waals surface area contributed by atoms with Crippen LogP contribution in [0.5, 0.6) is 0 Å². The van der Waals surface area contributed by atoms with E-state index in [0.717, 1.165) is 0 Å². The van der Waals surface area contributed by atoms with Crippen LogP contribution in [-0.2, 0) is 14.6 Å². The van der Waals surface area contributed by atoms with E-state index in [1.54, 1.807) is 32.9 Å². The Labute approximate surface area is 125 Å². The minimum absolute atomic E-state index is 0.0489. The molecule has 0 spiro atoms. The van der Waals surface area contributed by atoms with Crippen molar-refractivity contribution in [2.24, 2.45) is 0 Å². The molecule has 1 rings (SSSR count). The molecule has 0 aromatic heterocycles. The number of rotatable bonds is 5. The lowest BCUT2D eigenvalue weighted by Gasteiger charge is -2.19. The van der Waals surface area contributed by atoms with Crippen molar-refractivity contribution in [2.75, 3.05) is 18.0 Å². The molecule has 118 valence electrons. The van der Waals surface area contributed by atoms with Gasteiger partial charge in [-0.05, 0) is 51.5 Å². The molecule has 0 saturated heterocycles. The van der Waals surface area contributed by atoms with Gasteiger partial charge in [0.15, 0.2) is 9.84 Å². The van der Waals surface area contributed by atoms with E-state index >= 15 is 0 Å². The molecule has 1 amide bonds. The number of hydrogen-bond donors (Lipinski definition) is 2. The Kier molecular flexibility index (Phi) is 5.60. The standard InChI is InChI=1S/C14H22N2O4S/c1-14(2,3)20-13(17)16-9-4-10-21(18,19)12-7-5-11(15)6-8-12/h5-8H,4,9-10,15H2,1-3H3,(H,16,17). The summed E-state index contributed by atoms with van der Waals surface area (Å²) in [5.74, 6) is -0.0489. The van der Waals surface area contributed by atoms with E-state index in [0.29, 0.717) is 12.1 Å². The van der Waals surface area contributed by atoms with Crippen LogP contribution in [0, 0.1) is 0 Å². The van der Waals surface area contributed by atoms with Crippen LogP contribution in [0.2, 0.25) is 0 Å². The van der Waals surface area contributed by atoms with Gasteiger partial charge in [-0.25, -0.2) is 13.2 Å². The van der Waals surface area contributed by atoms with E-state index in [-0.39, 0.29) is 17.2 Å². The molecule has 0 radical (unpaired) electrons. The normalized spacial score (nSPS) is 12.0. The molecule has 1 aromatic rings. The molecule has 7 heteroatoms. The third-order valence-corrected chi connectivity index (χ3v) is 4.31. The maximum absolute atomic E-state index is 12.0. The topological polar surface area (TPSA) is 98.5 Å². The zero-order valence-electron chi connectivity index (χ0n) is 12.5. The zero-order valence-corrected chi connectivity index (χ0v) is 13.4. The zero-order chi connectivity index (χ0) is 16.1. The molecule has 0 aliphatic heterocycles. The van der Waals surface area contributed by atoms with Gasteiger partial charge in [-0.2, -0.15) is 0 Å². The lowest BCUT2D eigenvalue weighted by molar-refractivity contribution is 0.0528. The number of benzene rings is 1. The minimum atomic E-state index is -3.36. The van der Waals surface area contributed by atoms with E-state index in [1.165, 1.54) is 12.1 Å². The lowest BCUT2D eigenvalue weighted by Crippen LogP contribution is -2.33. The van der Waals surface area contributed by atoms with Gasteiger partial charge in [-0.3, -0.25) is 0 Å². The van der Waals surface area contributed by atoms with Crippen LogP contribution in [-0.4, -0.2) is 32.4 Å². The van der Waals surface area contributed by atoms with Crippen LogP contribution in [0.1, 0.15) is 27.2 Å². The monoisotopic (exact) mass is 314 g/mol. The predicted molar refractivity (Wildman–Crippen MR) is 81.8 cm³/mol. The first kappa shape index (κ1) is 17.3. The van der Waals surface area contributed by atoms with Crippen LogP contribution in [0.4, 0.5) is 10.5 Å². The second-order valence-electron chi connectivity index (χ2n) is 5.67. The summed E-state index contributed by atoms with van der Waals surface area (Å²) in [5.41, 5.74) is 5.46. The number of anilines is 1. The summed E-state index contributed by atoms with van der Waals surface area (Å²) < 4.78 is 29.1. The van der Waals surface area contributed by atoms with Gasteiger partial charge in [0.2, 0.25) is 0 Å². The Morgan fingerprint density at radius 1 is 1.24 bits per heavy atom. The van der Waals surface area contributed by atoms with Crippen molar-refractivity contribution in [1.82, 2.24) is 5.32 Å². The Bertz CT molecular complexity index is 574. The lowest BCUT2D eigenvalue weighted by atomic mass is 10.2. The molecule has 0 aliphatic carbocycles. The fraction of sp³-hybridized carbons (Fsp3) is 0.500. The van der Waals surface area contributed by atoms with Crippen LogP contribution in [0.3, 0.4) is 0 Å². The molecule has 6 nitrogen and oxygen atoms in total. The van der Waals surface area contributed by atoms with Gasteiger partial charge in [0, 0.05) is 12.2 Å². The van der Waals surface area contributed by atoms with Gasteiger partial charge in [0.1, 0.15) is 5.60 Å². The van der Waals surface area contributed by atoms with E-state index < -0.39 is 21.5 Å². The van der Waals surface area contributed by atoms with E-state index in [9.17, 15) is 13.2 Å². The smallest absolute Gasteiger partial charge is 0.407 e. The van der Waals surface area contributed by atoms with Gasteiger partial charge >= 0.3 is 6.09 Å². The number of alkyl carbamates (subject to hydrolysis) is 1. The summed E-state index contributed by atoms with van der Waals surface area (Å²) in [6.45, 7) is 5.53. The van der Waals surface area contributed by atoms with Gasteiger partial charge in [0.25, 0.3) is 0 Å². The molecule has 0 atom stereocenters. The highest BCUT2D eigenvalue weighted by Crippen LogP contribution is 2.14. The number of carbonyl (C=O) groups is 1. The Hall–Kier alpha value is -1.76. The molecule has 21 heavy (non-hydrogen) atoms. The van der Waals surface area contributed by atoms with Crippen molar-refractivity contribution in [1.29, 1.82) is 0 Å². The minimum Gasteiger partial charge on any atom is -0.444 e. The highest BCUT2D eigenvalue weighted by atomic mass is 32.2. The molecular formula is C14H22N2O4S. The number of nitrogens with one attached hydrogen (secondary N) is 1. The van der Waals surface area contributed by atoms with Crippen LogP contribution < -0.4 is 11.1 Å². The first-order valence-corrected chi connectivity index (χ1v) is 8.30. The molecule has 1 aromatic carbocycles. The number of carbonyl (C=O) groups excluding carboxylic acids is 1. The summed E-state index contributed by atoms with van der Waals surface area (Å²) in [6, 6.07) is 6.05. The molecule has 0 unspecified atom stereocenters. The first-order chi connectivity index (χ1) is 9.60. The van der Waals surface area contributed by atoms with Crippen molar-refractivity contribution in [3.8, 4) is 0 Å². The molecule has 0 bridgehead atoms. The fourth-order valence-electron chi connectivity index (χ4n) is 1.56. The van der Waals surface area contributed by atoms with Gasteiger partial charge < -0.3 is 15.8 Å². The van der Waals surface area contributed by atoms with Crippen LogP contribution in [0.15, 0.2) is 29.2 Å². The molecular weight excluding hydrogens is 292 g/mol. The second-order valence-corrected chi connectivity index (χ2v) is 7.78. The average Bonchev–Trinajstić information content (AvgIpc) is 2.33. The number of nitrogen functional groups attached to an aromatic ring is 1. The SMILES string of the molecule is CC(C)(C)OC(=O)NCCCS(=O)(=O)c1ccc(N)cc1.